The van der Waals surface area contributed by atoms with Crippen molar-refractivity contribution in [3.05, 3.63) is 64.4 Å². The van der Waals surface area contributed by atoms with Gasteiger partial charge in [0.15, 0.2) is 5.17 Å². The fourth-order valence-corrected chi connectivity index (χ4v) is 3.35. The van der Waals surface area contributed by atoms with Gasteiger partial charge in [0, 0.05) is 4.47 Å². The first-order chi connectivity index (χ1) is 9.72. The van der Waals surface area contributed by atoms with Crippen LogP contribution in [0.4, 0.5) is 10.1 Å². The molecular formula is C15H12BrFN2S. The third kappa shape index (κ3) is 3.04. The molecule has 1 aliphatic rings. The predicted octanol–water partition coefficient (Wildman–Crippen LogP) is 4.84. The van der Waals surface area contributed by atoms with E-state index in [4.69, 9.17) is 0 Å². The van der Waals surface area contributed by atoms with Gasteiger partial charge in [-0.1, -0.05) is 58.0 Å². The minimum atomic E-state index is -0.286. The Bertz CT molecular complexity index is 646. The first-order valence-corrected chi connectivity index (χ1v) is 7.88. The van der Waals surface area contributed by atoms with Crippen molar-refractivity contribution in [2.24, 2.45) is 4.99 Å². The largest absolute Gasteiger partial charge is 0.333 e. The molecule has 0 aliphatic carbocycles. The second-order valence-electron chi connectivity index (χ2n) is 4.41. The third-order valence-corrected chi connectivity index (χ3v) is 4.65. The van der Waals surface area contributed by atoms with Gasteiger partial charge in [-0.15, -0.1) is 0 Å². The second-order valence-corrected chi connectivity index (χ2v) is 6.52. The van der Waals surface area contributed by atoms with Crippen LogP contribution in [0, 0.1) is 5.82 Å². The van der Waals surface area contributed by atoms with E-state index in [1.165, 1.54) is 11.6 Å². The number of benzene rings is 2. The lowest BCUT2D eigenvalue weighted by Gasteiger charge is -2.10. The molecule has 0 spiro atoms. The number of thioether (sulfide) groups is 1. The summed E-state index contributed by atoms with van der Waals surface area (Å²) in [6.45, 7) is 0.717. The third-order valence-electron chi connectivity index (χ3n) is 3.00. The number of amidine groups is 1. The second kappa shape index (κ2) is 5.97. The van der Waals surface area contributed by atoms with Crippen molar-refractivity contribution in [3.8, 4) is 0 Å². The van der Waals surface area contributed by atoms with E-state index in [-0.39, 0.29) is 5.82 Å². The van der Waals surface area contributed by atoms with Gasteiger partial charge in [-0.05, 0) is 23.8 Å². The molecule has 5 heteroatoms. The molecule has 0 bridgehead atoms. The van der Waals surface area contributed by atoms with Crippen LogP contribution in [0.2, 0.25) is 0 Å². The van der Waals surface area contributed by atoms with Crippen LogP contribution in [-0.2, 0) is 0 Å². The minimum absolute atomic E-state index is 0.286. The van der Waals surface area contributed by atoms with Crippen LogP contribution in [0.25, 0.3) is 0 Å². The fourth-order valence-electron chi connectivity index (χ4n) is 1.99. The summed E-state index contributed by atoms with van der Waals surface area (Å²) >= 11 is 4.88. The fraction of sp³-hybridized carbons (Fsp3) is 0.133. The summed E-state index contributed by atoms with van der Waals surface area (Å²) in [5, 5.41) is 4.12. The number of anilines is 1. The SMILES string of the molecule is Fc1cc(Br)ccc1NC1=NCC(c2ccccc2)S1. The molecular weight excluding hydrogens is 339 g/mol. The van der Waals surface area contributed by atoms with Crippen molar-refractivity contribution in [1.82, 2.24) is 0 Å². The van der Waals surface area contributed by atoms with Gasteiger partial charge < -0.3 is 5.32 Å². The Morgan fingerprint density at radius 2 is 2.00 bits per heavy atom. The number of nitrogens with zero attached hydrogens (tertiary/aromatic N) is 1. The summed E-state index contributed by atoms with van der Waals surface area (Å²) in [6, 6.07) is 15.2. The van der Waals surface area contributed by atoms with Crippen LogP contribution in [0.5, 0.6) is 0 Å². The molecule has 1 unspecified atom stereocenters. The van der Waals surface area contributed by atoms with Crippen LogP contribution in [0.1, 0.15) is 10.8 Å². The Morgan fingerprint density at radius 1 is 1.20 bits per heavy atom. The van der Waals surface area contributed by atoms with Crippen LogP contribution < -0.4 is 5.32 Å². The lowest BCUT2D eigenvalue weighted by Crippen LogP contribution is -2.07. The summed E-state index contributed by atoms with van der Waals surface area (Å²) in [6.07, 6.45) is 0. The normalized spacial score (nSPS) is 17.9. The van der Waals surface area contributed by atoms with Crippen molar-refractivity contribution >= 4 is 38.5 Å². The molecule has 2 nitrogen and oxygen atoms in total. The van der Waals surface area contributed by atoms with Crippen LogP contribution in [0.3, 0.4) is 0 Å². The molecule has 0 saturated heterocycles. The Balaban J connectivity index is 1.69. The average Bonchev–Trinajstić information content (AvgIpc) is 2.92. The average molecular weight is 351 g/mol. The van der Waals surface area contributed by atoms with Crippen molar-refractivity contribution in [2.45, 2.75) is 5.25 Å². The summed E-state index contributed by atoms with van der Waals surface area (Å²) in [4.78, 5) is 4.44. The van der Waals surface area contributed by atoms with E-state index in [9.17, 15) is 4.39 Å². The zero-order valence-electron chi connectivity index (χ0n) is 10.5. The molecule has 1 aliphatic heterocycles. The zero-order valence-corrected chi connectivity index (χ0v) is 12.9. The lowest BCUT2D eigenvalue weighted by molar-refractivity contribution is 0.631. The van der Waals surface area contributed by atoms with E-state index >= 15 is 0 Å². The van der Waals surface area contributed by atoms with Crippen LogP contribution >= 0.6 is 27.7 Å². The van der Waals surface area contributed by atoms with Gasteiger partial charge in [-0.25, -0.2) is 4.39 Å². The highest BCUT2D eigenvalue weighted by Crippen LogP contribution is 2.35. The summed E-state index contributed by atoms with van der Waals surface area (Å²) in [7, 11) is 0. The highest BCUT2D eigenvalue weighted by molar-refractivity contribution is 9.10. The van der Waals surface area contributed by atoms with Crippen molar-refractivity contribution in [2.75, 3.05) is 11.9 Å². The molecule has 20 heavy (non-hydrogen) atoms. The molecule has 0 saturated carbocycles. The molecule has 0 fully saturated rings. The van der Waals surface area contributed by atoms with Gasteiger partial charge >= 0.3 is 0 Å². The number of halogens is 2. The van der Waals surface area contributed by atoms with Gasteiger partial charge in [0.05, 0.1) is 17.5 Å². The Kier molecular flexibility index (Phi) is 4.08. The highest BCUT2D eigenvalue weighted by atomic mass is 79.9. The topological polar surface area (TPSA) is 24.4 Å². The molecule has 0 radical (unpaired) electrons. The maximum Gasteiger partial charge on any atom is 0.161 e. The molecule has 1 atom stereocenters. The Hall–Kier alpha value is -1.33. The smallest absolute Gasteiger partial charge is 0.161 e. The van der Waals surface area contributed by atoms with Gasteiger partial charge in [0.25, 0.3) is 0 Å². The first kappa shape index (κ1) is 13.6. The molecule has 3 rings (SSSR count). The summed E-state index contributed by atoms with van der Waals surface area (Å²) in [5.74, 6) is -0.286. The van der Waals surface area contributed by atoms with Crippen molar-refractivity contribution in [3.63, 3.8) is 0 Å². The number of aliphatic imine (C=N–C) groups is 1. The maximum atomic E-state index is 13.8. The summed E-state index contributed by atoms with van der Waals surface area (Å²) in [5.41, 5.74) is 1.70. The predicted molar refractivity (Wildman–Crippen MR) is 86.8 cm³/mol. The molecule has 1 N–H and O–H groups in total. The van der Waals surface area contributed by atoms with Crippen LogP contribution in [-0.4, -0.2) is 11.7 Å². The molecule has 2 aromatic rings. The van der Waals surface area contributed by atoms with Gasteiger partial charge in [-0.2, -0.15) is 0 Å². The Labute approximate surface area is 129 Å². The highest BCUT2D eigenvalue weighted by Gasteiger charge is 2.21. The maximum absolute atomic E-state index is 13.8. The van der Waals surface area contributed by atoms with Crippen molar-refractivity contribution < 1.29 is 4.39 Å². The lowest BCUT2D eigenvalue weighted by atomic mass is 10.1. The van der Waals surface area contributed by atoms with E-state index in [0.29, 0.717) is 10.9 Å². The van der Waals surface area contributed by atoms with E-state index in [1.807, 2.05) is 18.2 Å². The standard InChI is InChI=1S/C15H12BrFN2S/c16-11-6-7-13(12(17)8-11)19-15-18-9-14(20-15)10-4-2-1-3-5-10/h1-8,14H,9H2,(H,18,19). The molecule has 0 amide bonds. The molecule has 2 aromatic carbocycles. The van der Waals surface area contributed by atoms with Gasteiger partial charge in [0.1, 0.15) is 5.82 Å². The summed E-state index contributed by atoms with van der Waals surface area (Å²) < 4.78 is 14.5. The number of nitrogens with one attached hydrogen (secondary N) is 1. The first-order valence-electron chi connectivity index (χ1n) is 6.20. The zero-order chi connectivity index (χ0) is 13.9. The number of rotatable bonds is 2. The van der Waals surface area contributed by atoms with Gasteiger partial charge in [0.2, 0.25) is 0 Å². The molecule has 1 heterocycles. The minimum Gasteiger partial charge on any atom is -0.333 e. The van der Waals surface area contributed by atoms with E-state index in [2.05, 4.69) is 38.4 Å². The van der Waals surface area contributed by atoms with E-state index in [1.54, 1.807) is 23.9 Å². The quantitative estimate of drug-likeness (QED) is 0.837. The monoisotopic (exact) mass is 350 g/mol. The van der Waals surface area contributed by atoms with E-state index in [0.717, 1.165) is 16.2 Å². The molecule has 102 valence electrons. The van der Waals surface area contributed by atoms with Crippen LogP contribution in [0.15, 0.2) is 58.0 Å². The number of hydrogen-bond donors (Lipinski definition) is 1. The van der Waals surface area contributed by atoms with Crippen molar-refractivity contribution in [1.29, 1.82) is 0 Å². The number of hydrogen-bond acceptors (Lipinski definition) is 3. The van der Waals surface area contributed by atoms with E-state index < -0.39 is 0 Å². The van der Waals surface area contributed by atoms with Gasteiger partial charge in [-0.3, -0.25) is 4.99 Å². The Morgan fingerprint density at radius 3 is 2.75 bits per heavy atom. The molecule has 0 aromatic heterocycles.